The third-order valence-corrected chi connectivity index (χ3v) is 2.58. The largest absolute Gasteiger partial charge is 0.311 e. The molecule has 0 aliphatic carbocycles. The third-order valence-electron chi connectivity index (χ3n) is 2.58. The molecule has 0 bridgehead atoms. The summed E-state index contributed by atoms with van der Waals surface area (Å²) < 4.78 is 0. The summed E-state index contributed by atoms with van der Waals surface area (Å²) in [6, 6.07) is 8.08. The number of hydrogen-bond acceptors (Lipinski definition) is 3. The van der Waals surface area contributed by atoms with Gasteiger partial charge in [0.2, 0.25) is 0 Å². The maximum atomic E-state index is 4.59. The fourth-order valence-electron chi connectivity index (χ4n) is 1.69. The van der Waals surface area contributed by atoms with Gasteiger partial charge in [-0.2, -0.15) is 0 Å². The predicted octanol–water partition coefficient (Wildman–Crippen LogP) is 2.47. The van der Waals surface area contributed by atoms with E-state index in [0.717, 1.165) is 23.1 Å². The van der Waals surface area contributed by atoms with E-state index in [1.165, 1.54) is 0 Å². The van der Waals surface area contributed by atoms with E-state index in [1.807, 2.05) is 43.6 Å². The molecule has 2 rings (SSSR count). The van der Waals surface area contributed by atoms with Crippen LogP contribution in [0.1, 0.15) is 18.2 Å². The molecule has 0 saturated carbocycles. The lowest BCUT2D eigenvalue weighted by atomic mass is 10.1. The van der Waals surface area contributed by atoms with Gasteiger partial charge in [-0.3, -0.25) is 4.98 Å². The molecule has 1 atom stereocenters. The van der Waals surface area contributed by atoms with Gasteiger partial charge in [-0.1, -0.05) is 18.2 Å². The predicted molar refractivity (Wildman–Crippen MR) is 66.2 cm³/mol. The first-order chi connectivity index (χ1) is 7.85. The first kappa shape index (κ1) is 10.8. The zero-order valence-corrected chi connectivity index (χ0v) is 9.35. The van der Waals surface area contributed by atoms with E-state index in [1.54, 1.807) is 0 Å². The lowest BCUT2D eigenvalue weighted by molar-refractivity contribution is 0.587. The average molecular weight is 213 g/mol. The molecule has 16 heavy (non-hydrogen) atoms. The molecule has 3 heteroatoms. The minimum atomic E-state index is 0.189. The van der Waals surface area contributed by atoms with Crippen LogP contribution < -0.4 is 5.32 Å². The molecule has 0 aliphatic rings. The Morgan fingerprint density at radius 1 is 1.38 bits per heavy atom. The smallest absolute Gasteiger partial charge is 0.0890 e. The molecule has 1 aromatic carbocycles. The number of benzene rings is 1. The lowest BCUT2D eigenvalue weighted by Gasteiger charge is -2.13. The normalized spacial score (nSPS) is 12.6. The van der Waals surface area contributed by atoms with Gasteiger partial charge in [0, 0.05) is 0 Å². The Kier molecular flexibility index (Phi) is 3.27. The van der Waals surface area contributed by atoms with Crippen molar-refractivity contribution in [1.29, 1.82) is 0 Å². The summed E-state index contributed by atoms with van der Waals surface area (Å²) in [6.45, 7) is 3.75. The highest BCUT2D eigenvalue weighted by molar-refractivity contribution is 5.73. The van der Waals surface area contributed by atoms with Crippen molar-refractivity contribution < 1.29 is 0 Å². The van der Waals surface area contributed by atoms with Crippen LogP contribution >= 0.6 is 0 Å². The summed E-state index contributed by atoms with van der Waals surface area (Å²) in [4.78, 5) is 8.99. The van der Waals surface area contributed by atoms with Gasteiger partial charge >= 0.3 is 0 Å². The van der Waals surface area contributed by atoms with Crippen LogP contribution in [0.15, 0.2) is 43.1 Å². The van der Waals surface area contributed by atoms with Crippen molar-refractivity contribution in [3.63, 3.8) is 0 Å². The highest BCUT2D eigenvalue weighted by Gasteiger charge is 2.09. The second-order valence-corrected chi connectivity index (χ2v) is 3.65. The highest BCUT2D eigenvalue weighted by Crippen LogP contribution is 2.16. The molecule has 82 valence electrons. The molecule has 0 saturated heterocycles. The van der Waals surface area contributed by atoms with Gasteiger partial charge in [-0.05, 0) is 25.6 Å². The van der Waals surface area contributed by atoms with Crippen LogP contribution in [0.3, 0.4) is 0 Å². The molecule has 3 nitrogen and oxygen atoms in total. The molecule has 1 N–H and O–H groups in total. The second kappa shape index (κ2) is 4.86. The second-order valence-electron chi connectivity index (χ2n) is 3.65. The Hall–Kier alpha value is -1.74. The molecule has 1 heterocycles. The zero-order chi connectivity index (χ0) is 11.4. The molecule has 0 aliphatic heterocycles. The van der Waals surface area contributed by atoms with E-state index in [-0.39, 0.29) is 6.04 Å². The molecular weight excluding hydrogens is 198 g/mol. The van der Waals surface area contributed by atoms with E-state index in [2.05, 4.69) is 21.9 Å². The molecule has 0 fully saturated rings. The molecule has 0 amide bonds. The monoisotopic (exact) mass is 213 g/mol. The summed E-state index contributed by atoms with van der Waals surface area (Å²) in [5.74, 6) is 0. The average Bonchev–Trinajstić information content (AvgIpc) is 2.35. The van der Waals surface area contributed by atoms with Crippen molar-refractivity contribution in [2.24, 2.45) is 0 Å². The molecule has 1 unspecified atom stereocenters. The molecule has 1 aromatic heterocycles. The fraction of sp³-hybridized carbons (Fsp3) is 0.231. The van der Waals surface area contributed by atoms with Gasteiger partial charge in [0.05, 0.1) is 29.0 Å². The third kappa shape index (κ3) is 2.09. The van der Waals surface area contributed by atoms with Crippen LogP contribution in [-0.4, -0.2) is 17.0 Å². The number of rotatable bonds is 4. The van der Waals surface area contributed by atoms with Crippen molar-refractivity contribution >= 4 is 11.0 Å². The number of nitrogens with zero attached hydrogens (tertiary/aromatic N) is 2. The number of fused-ring (bicyclic) bond motifs is 1. The van der Waals surface area contributed by atoms with Crippen molar-refractivity contribution in [1.82, 2.24) is 15.3 Å². The molecule has 2 aromatic rings. The van der Waals surface area contributed by atoms with E-state index >= 15 is 0 Å². The number of hydrogen-bond donors (Lipinski definition) is 1. The van der Waals surface area contributed by atoms with Crippen molar-refractivity contribution in [3.05, 3.63) is 48.8 Å². The summed E-state index contributed by atoms with van der Waals surface area (Å²) in [6.07, 6.45) is 4.56. The van der Waals surface area contributed by atoms with Crippen molar-refractivity contribution in [2.75, 3.05) is 7.05 Å². The summed E-state index contributed by atoms with van der Waals surface area (Å²) in [5.41, 5.74) is 2.82. The van der Waals surface area contributed by atoms with Crippen LogP contribution in [0.4, 0.5) is 0 Å². The van der Waals surface area contributed by atoms with Crippen LogP contribution in [-0.2, 0) is 0 Å². The minimum Gasteiger partial charge on any atom is -0.311 e. The van der Waals surface area contributed by atoms with Crippen molar-refractivity contribution in [3.8, 4) is 0 Å². The topological polar surface area (TPSA) is 37.8 Å². The first-order valence-corrected chi connectivity index (χ1v) is 5.35. The van der Waals surface area contributed by atoms with E-state index in [9.17, 15) is 0 Å². The molecule has 0 radical (unpaired) electrons. The number of nitrogens with one attached hydrogen (secondary N) is 1. The SMILES string of the molecule is C=CCC(NC)c1cnc2ccccc2n1. The molecule has 0 spiro atoms. The van der Waals surface area contributed by atoms with Gasteiger partial charge in [-0.15, -0.1) is 6.58 Å². The Morgan fingerprint density at radius 2 is 2.12 bits per heavy atom. The minimum absolute atomic E-state index is 0.189. The fourth-order valence-corrected chi connectivity index (χ4v) is 1.69. The summed E-state index contributed by atoms with van der Waals surface area (Å²) in [7, 11) is 1.92. The first-order valence-electron chi connectivity index (χ1n) is 5.35. The summed E-state index contributed by atoms with van der Waals surface area (Å²) in [5, 5.41) is 3.21. The zero-order valence-electron chi connectivity index (χ0n) is 9.35. The standard InChI is InChI=1S/C13H15N3/c1-3-6-10(14-2)13-9-15-11-7-4-5-8-12(11)16-13/h3-5,7-10,14H,1,6H2,2H3. The van der Waals surface area contributed by atoms with Crippen LogP contribution in [0, 0.1) is 0 Å². The highest BCUT2D eigenvalue weighted by atomic mass is 14.9. The number of aromatic nitrogens is 2. The van der Waals surface area contributed by atoms with Crippen LogP contribution in [0.5, 0.6) is 0 Å². The Labute approximate surface area is 95.2 Å². The summed E-state index contributed by atoms with van der Waals surface area (Å²) >= 11 is 0. The van der Waals surface area contributed by atoms with Gasteiger partial charge in [0.25, 0.3) is 0 Å². The van der Waals surface area contributed by atoms with E-state index < -0.39 is 0 Å². The Bertz CT molecular complexity index is 493. The van der Waals surface area contributed by atoms with E-state index in [4.69, 9.17) is 0 Å². The lowest BCUT2D eigenvalue weighted by Crippen LogP contribution is -2.17. The van der Waals surface area contributed by atoms with Gasteiger partial charge in [0.15, 0.2) is 0 Å². The molecular formula is C13H15N3. The quantitative estimate of drug-likeness (QED) is 0.793. The maximum absolute atomic E-state index is 4.59. The van der Waals surface area contributed by atoms with Gasteiger partial charge in [0.1, 0.15) is 0 Å². The van der Waals surface area contributed by atoms with Gasteiger partial charge < -0.3 is 5.32 Å². The van der Waals surface area contributed by atoms with Crippen LogP contribution in [0.25, 0.3) is 11.0 Å². The Balaban J connectivity index is 2.41. The van der Waals surface area contributed by atoms with Gasteiger partial charge in [-0.25, -0.2) is 4.98 Å². The maximum Gasteiger partial charge on any atom is 0.0890 e. The van der Waals surface area contributed by atoms with Crippen molar-refractivity contribution in [2.45, 2.75) is 12.5 Å². The van der Waals surface area contributed by atoms with E-state index in [0.29, 0.717) is 0 Å². The van der Waals surface area contributed by atoms with Crippen LogP contribution in [0.2, 0.25) is 0 Å². The number of para-hydroxylation sites is 2. The Morgan fingerprint density at radius 3 is 2.81 bits per heavy atom.